The van der Waals surface area contributed by atoms with E-state index in [1.54, 1.807) is 7.11 Å². The molecular formula is C14H22N4O2S. The Morgan fingerprint density at radius 3 is 2.95 bits per heavy atom. The lowest BCUT2D eigenvalue weighted by Crippen LogP contribution is -2.35. The monoisotopic (exact) mass is 310 g/mol. The summed E-state index contributed by atoms with van der Waals surface area (Å²) in [6, 6.07) is 0. The van der Waals surface area contributed by atoms with Crippen LogP contribution in [0.2, 0.25) is 0 Å². The van der Waals surface area contributed by atoms with E-state index < -0.39 is 0 Å². The van der Waals surface area contributed by atoms with Crippen molar-refractivity contribution in [3.05, 3.63) is 5.82 Å². The quantitative estimate of drug-likeness (QED) is 0.817. The molecule has 2 aliphatic heterocycles. The van der Waals surface area contributed by atoms with Crippen molar-refractivity contribution in [2.45, 2.75) is 25.7 Å². The first-order valence-corrected chi connectivity index (χ1v) is 8.40. The minimum atomic E-state index is 0.134. The summed E-state index contributed by atoms with van der Waals surface area (Å²) in [4.78, 5) is 21.2. The van der Waals surface area contributed by atoms with Gasteiger partial charge in [-0.25, -0.2) is 4.98 Å². The molecule has 0 aromatic carbocycles. The minimum Gasteiger partial charge on any atom is -0.384 e. The Balaban J connectivity index is 1.56. The number of anilines is 1. The molecule has 1 unspecified atom stereocenters. The fourth-order valence-electron chi connectivity index (χ4n) is 3.00. The first-order valence-electron chi connectivity index (χ1n) is 7.63. The maximum absolute atomic E-state index is 12.4. The molecule has 0 radical (unpaired) electrons. The molecule has 3 heterocycles. The van der Waals surface area contributed by atoms with Gasteiger partial charge in [0, 0.05) is 51.2 Å². The van der Waals surface area contributed by atoms with Crippen LogP contribution in [0.1, 0.15) is 25.1 Å². The zero-order valence-corrected chi connectivity index (χ0v) is 13.3. The van der Waals surface area contributed by atoms with Crippen LogP contribution in [0.25, 0.3) is 0 Å². The molecule has 3 rings (SSSR count). The van der Waals surface area contributed by atoms with Crippen LogP contribution in [-0.4, -0.2) is 60.1 Å². The number of hydrogen-bond acceptors (Lipinski definition) is 6. The average Bonchev–Trinajstić information content (AvgIpc) is 3.24. The second-order valence-corrected chi connectivity index (χ2v) is 6.43. The Morgan fingerprint density at radius 1 is 1.38 bits per heavy atom. The van der Waals surface area contributed by atoms with E-state index in [4.69, 9.17) is 4.74 Å². The number of nitrogens with zero attached hydrogens (tertiary/aromatic N) is 4. The number of amides is 1. The molecule has 6 nitrogen and oxygen atoms in total. The van der Waals surface area contributed by atoms with Gasteiger partial charge in [0.1, 0.15) is 5.82 Å². The lowest BCUT2D eigenvalue weighted by Gasteiger charge is -2.20. The SMILES string of the molecule is COCCc1nsc(N2CCC(C(=O)N3CCCC3)C2)n1. The largest absolute Gasteiger partial charge is 0.384 e. The van der Waals surface area contributed by atoms with Gasteiger partial charge in [0.25, 0.3) is 0 Å². The third-order valence-corrected chi connectivity index (χ3v) is 5.03. The number of rotatable bonds is 5. The first-order chi connectivity index (χ1) is 10.3. The summed E-state index contributed by atoms with van der Waals surface area (Å²) in [7, 11) is 1.68. The third-order valence-electron chi connectivity index (χ3n) is 4.21. The highest BCUT2D eigenvalue weighted by Gasteiger charge is 2.33. The van der Waals surface area contributed by atoms with E-state index in [0.717, 1.165) is 62.8 Å². The molecule has 21 heavy (non-hydrogen) atoms. The van der Waals surface area contributed by atoms with Crippen LogP contribution in [0.15, 0.2) is 0 Å². The molecule has 2 fully saturated rings. The van der Waals surface area contributed by atoms with Crippen molar-refractivity contribution < 1.29 is 9.53 Å². The van der Waals surface area contributed by atoms with Crippen LogP contribution in [-0.2, 0) is 16.0 Å². The average molecular weight is 310 g/mol. The van der Waals surface area contributed by atoms with Gasteiger partial charge >= 0.3 is 0 Å². The molecule has 1 atom stereocenters. The van der Waals surface area contributed by atoms with Crippen LogP contribution in [0, 0.1) is 5.92 Å². The highest BCUT2D eigenvalue weighted by atomic mass is 32.1. The van der Waals surface area contributed by atoms with E-state index in [1.807, 2.05) is 4.90 Å². The molecule has 0 bridgehead atoms. The summed E-state index contributed by atoms with van der Waals surface area (Å²) in [6.45, 7) is 4.22. The summed E-state index contributed by atoms with van der Waals surface area (Å²) in [5.41, 5.74) is 0. The predicted molar refractivity (Wildman–Crippen MR) is 81.6 cm³/mol. The van der Waals surface area contributed by atoms with Crippen molar-refractivity contribution >= 4 is 22.6 Å². The van der Waals surface area contributed by atoms with Crippen LogP contribution in [0.5, 0.6) is 0 Å². The number of ether oxygens (including phenoxy) is 1. The third kappa shape index (κ3) is 3.35. The Kier molecular flexibility index (Phi) is 4.70. The van der Waals surface area contributed by atoms with Crippen molar-refractivity contribution in [2.75, 3.05) is 44.8 Å². The summed E-state index contributed by atoms with van der Waals surface area (Å²) >= 11 is 1.43. The first kappa shape index (κ1) is 14.7. The summed E-state index contributed by atoms with van der Waals surface area (Å²) in [6.07, 6.45) is 3.99. The van der Waals surface area contributed by atoms with Crippen LogP contribution < -0.4 is 4.90 Å². The zero-order valence-electron chi connectivity index (χ0n) is 12.5. The maximum atomic E-state index is 12.4. The molecule has 1 aromatic rings. The van der Waals surface area contributed by atoms with E-state index in [0.29, 0.717) is 12.5 Å². The summed E-state index contributed by atoms with van der Waals surface area (Å²) < 4.78 is 9.41. The van der Waals surface area contributed by atoms with Crippen LogP contribution in [0.4, 0.5) is 5.13 Å². The van der Waals surface area contributed by atoms with Crippen molar-refractivity contribution in [3.8, 4) is 0 Å². The van der Waals surface area contributed by atoms with E-state index in [-0.39, 0.29) is 5.92 Å². The molecule has 0 spiro atoms. The van der Waals surface area contributed by atoms with E-state index in [2.05, 4.69) is 14.3 Å². The van der Waals surface area contributed by atoms with E-state index >= 15 is 0 Å². The van der Waals surface area contributed by atoms with Crippen LogP contribution in [0.3, 0.4) is 0 Å². The molecule has 1 aromatic heterocycles. The predicted octanol–water partition coefficient (Wildman–Crippen LogP) is 1.18. The fourth-order valence-corrected chi connectivity index (χ4v) is 3.75. The molecule has 0 N–H and O–H groups in total. The highest BCUT2D eigenvalue weighted by Crippen LogP contribution is 2.27. The van der Waals surface area contributed by atoms with Gasteiger partial charge in [0.15, 0.2) is 0 Å². The second kappa shape index (κ2) is 6.70. The minimum absolute atomic E-state index is 0.134. The lowest BCUT2D eigenvalue weighted by atomic mass is 10.1. The van der Waals surface area contributed by atoms with Crippen molar-refractivity contribution in [3.63, 3.8) is 0 Å². The van der Waals surface area contributed by atoms with Crippen molar-refractivity contribution in [1.29, 1.82) is 0 Å². The van der Waals surface area contributed by atoms with Crippen LogP contribution >= 0.6 is 11.5 Å². The lowest BCUT2D eigenvalue weighted by molar-refractivity contribution is -0.133. The molecular weight excluding hydrogens is 288 g/mol. The van der Waals surface area contributed by atoms with Gasteiger partial charge in [-0.3, -0.25) is 4.79 Å². The van der Waals surface area contributed by atoms with Gasteiger partial charge in [0.2, 0.25) is 11.0 Å². The highest BCUT2D eigenvalue weighted by molar-refractivity contribution is 7.09. The Bertz CT molecular complexity index is 487. The number of likely N-dealkylation sites (tertiary alicyclic amines) is 1. The van der Waals surface area contributed by atoms with E-state index in [9.17, 15) is 4.79 Å². The van der Waals surface area contributed by atoms with Gasteiger partial charge in [-0.1, -0.05) is 0 Å². The van der Waals surface area contributed by atoms with Gasteiger partial charge in [0.05, 0.1) is 12.5 Å². The van der Waals surface area contributed by atoms with Gasteiger partial charge in [-0.2, -0.15) is 4.37 Å². The normalized spacial score (nSPS) is 22.2. The van der Waals surface area contributed by atoms with Crippen molar-refractivity contribution in [1.82, 2.24) is 14.3 Å². The Hall–Kier alpha value is -1.21. The molecule has 0 saturated carbocycles. The summed E-state index contributed by atoms with van der Waals surface area (Å²) in [5.74, 6) is 1.31. The number of aromatic nitrogens is 2. The number of carbonyl (C=O) groups excluding carboxylic acids is 1. The van der Waals surface area contributed by atoms with Gasteiger partial charge in [-0.15, -0.1) is 0 Å². The second-order valence-electron chi connectivity index (χ2n) is 5.70. The maximum Gasteiger partial charge on any atom is 0.227 e. The molecule has 0 aliphatic carbocycles. The smallest absolute Gasteiger partial charge is 0.227 e. The number of methoxy groups -OCH3 is 1. The Morgan fingerprint density at radius 2 is 2.19 bits per heavy atom. The van der Waals surface area contributed by atoms with Crippen molar-refractivity contribution in [2.24, 2.45) is 5.92 Å². The topological polar surface area (TPSA) is 58.6 Å². The molecule has 116 valence electrons. The fraction of sp³-hybridized carbons (Fsp3) is 0.786. The number of carbonyl (C=O) groups is 1. The van der Waals surface area contributed by atoms with E-state index in [1.165, 1.54) is 11.5 Å². The Labute approximate surface area is 129 Å². The molecule has 1 amide bonds. The molecule has 2 saturated heterocycles. The van der Waals surface area contributed by atoms with Gasteiger partial charge in [-0.05, 0) is 19.3 Å². The molecule has 2 aliphatic rings. The summed E-state index contributed by atoms with van der Waals surface area (Å²) in [5, 5.41) is 0.942. The standard InChI is InChI=1S/C14H22N4O2S/c1-20-9-5-12-15-14(21-16-12)18-8-4-11(10-18)13(19)17-6-2-3-7-17/h11H,2-10H2,1H3. The van der Waals surface area contributed by atoms with Gasteiger partial charge < -0.3 is 14.5 Å². The molecule has 7 heteroatoms. The number of hydrogen-bond donors (Lipinski definition) is 0. The zero-order chi connectivity index (χ0) is 14.7.